The van der Waals surface area contributed by atoms with Crippen LogP contribution in [0, 0.1) is 0 Å². The molecular formula is C83H67N3. The second-order valence-electron chi connectivity index (χ2n) is 21.5. The highest BCUT2D eigenvalue weighted by atomic mass is 15.1. The highest BCUT2D eigenvalue weighted by molar-refractivity contribution is 5.97. The van der Waals surface area contributed by atoms with Gasteiger partial charge in [0.05, 0.1) is 0 Å². The first kappa shape index (κ1) is 55.5. The van der Waals surface area contributed by atoms with E-state index in [0.717, 1.165) is 0 Å². The first-order valence-electron chi connectivity index (χ1n) is 29.4. The van der Waals surface area contributed by atoms with Crippen LogP contribution in [0.1, 0.15) is 0 Å². The molecule has 0 aromatic heterocycles. The van der Waals surface area contributed by atoms with E-state index in [4.69, 9.17) is 0 Å². The van der Waals surface area contributed by atoms with Gasteiger partial charge in [-0.2, -0.15) is 0 Å². The zero-order valence-electron chi connectivity index (χ0n) is 48.8. The van der Waals surface area contributed by atoms with Gasteiger partial charge in [0, 0.05) is 55.3 Å². The topological polar surface area (TPSA) is 9.72 Å². The molecule has 14 aromatic carbocycles. The summed E-state index contributed by atoms with van der Waals surface area (Å²) in [4.78, 5) is 6.64. The summed E-state index contributed by atoms with van der Waals surface area (Å²) in [5, 5.41) is 5.11. The van der Waals surface area contributed by atoms with Crippen molar-refractivity contribution in [3.8, 4) is 66.8 Å². The Morgan fingerprint density at radius 1 is 0.163 bits per heavy atom. The Balaban J connectivity index is 0.000000127. The maximum atomic E-state index is 2.26. The lowest BCUT2D eigenvalue weighted by Gasteiger charge is -2.20. The molecule has 0 amide bonds. The van der Waals surface area contributed by atoms with E-state index in [1.807, 2.05) is 18.2 Å². The largest absolute Gasteiger partial charge is 0.345 e. The van der Waals surface area contributed by atoms with Crippen molar-refractivity contribution < 1.29 is 0 Å². The van der Waals surface area contributed by atoms with Crippen LogP contribution >= 0.6 is 0 Å². The minimum atomic E-state index is 1.17. The van der Waals surface area contributed by atoms with Crippen LogP contribution in [-0.4, -0.2) is 21.1 Å². The number of hydrogen-bond donors (Lipinski definition) is 0. The van der Waals surface area contributed by atoms with E-state index < -0.39 is 0 Å². The number of nitrogens with zero attached hydrogens (tertiary/aromatic N) is 3. The van der Waals surface area contributed by atoms with Crippen molar-refractivity contribution in [1.82, 2.24) is 0 Å². The van der Waals surface area contributed by atoms with Gasteiger partial charge in [0.1, 0.15) is 0 Å². The summed E-state index contributed by atoms with van der Waals surface area (Å²) < 4.78 is 0. The van der Waals surface area contributed by atoms with E-state index in [9.17, 15) is 0 Å². The van der Waals surface area contributed by atoms with E-state index in [2.05, 4.69) is 369 Å². The molecule has 0 radical (unpaired) electrons. The zero-order chi connectivity index (χ0) is 58.4. The molecule has 14 rings (SSSR count). The Kier molecular flexibility index (Phi) is 17.1. The smallest absolute Gasteiger partial charge is 0.0408 e. The lowest BCUT2D eigenvalue weighted by molar-refractivity contribution is 1.21. The molecule has 414 valence electrons. The monoisotopic (exact) mass is 1110 g/mol. The molecule has 0 N–H and O–H groups in total. The zero-order valence-corrected chi connectivity index (χ0v) is 48.8. The fraction of sp³-hybridized carbons (Fsp3) is 0.0361. The minimum absolute atomic E-state index is 1.17. The summed E-state index contributed by atoms with van der Waals surface area (Å²) in [5.74, 6) is 0. The molecule has 0 atom stereocenters. The van der Waals surface area contributed by atoms with Crippen LogP contribution in [0.5, 0.6) is 0 Å². The van der Waals surface area contributed by atoms with Gasteiger partial charge in [-0.15, -0.1) is 0 Å². The normalized spacial score (nSPS) is 10.7. The minimum Gasteiger partial charge on any atom is -0.345 e. The SMILES string of the molecule is CN(c1ccc(-c2ccccc2)cc1)c1ccc(-c2ccc3ccccc3c2)cc1.CN(c1ccc(-c2ccccc2)cc1)c1ccc(-c2cccc3ccccc23)cc1.CN(c1ccccc1)c1ccc(-c2cccc(-c3ccccc3)c2)cc1. The summed E-state index contributed by atoms with van der Waals surface area (Å²) in [5.41, 5.74) is 22.0. The standard InChI is InChI=1S/2C29H23N.C25H21N/c1-30(26-18-14-23(15-19-26)22-8-3-2-4-9-22)27-20-16-25(17-21-27)29-13-7-11-24-10-5-6-12-28(24)29;1-30(28-17-13-24(14-18-28)22-7-3-2-4-8-22)29-19-15-25(16-20-29)27-12-11-23-9-5-6-10-26(23)21-27;1-26(24-13-6-3-7-14-24)25-17-15-21(16-18-25)23-12-8-11-22(19-23)20-9-4-2-5-10-20/h2*2-21H,1H3;2-19H,1H3. The van der Waals surface area contributed by atoms with Crippen molar-refractivity contribution in [3.05, 3.63) is 352 Å². The second-order valence-corrected chi connectivity index (χ2v) is 21.5. The van der Waals surface area contributed by atoms with Crippen LogP contribution in [0.3, 0.4) is 0 Å². The fourth-order valence-electron chi connectivity index (χ4n) is 11.1. The number of rotatable bonds is 12. The third kappa shape index (κ3) is 13.1. The molecule has 0 aliphatic carbocycles. The molecule has 0 saturated heterocycles. The Hall–Kier alpha value is -11.0. The summed E-state index contributed by atoms with van der Waals surface area (Å²) in [6.45, 7) is 0. The number of fused-ring (bicyclic) bond motifs is 2. The maximum absolute atomic E-state index is 2.26. The maximum Gasteiger partial charge on any atom is 0.0408 e. The van der Waals surface area contributed by atoms with Gasteiger partial charge in [0.2, 0.25) is 0 Å². The van der Waals surface area contributed by atoms with Gasteiger partial charge in [-0.05, 0) is 173 Å². The first-order valence-corrected chi connectivity index (χ1v) is 29.4. The summed E-state index contributed by atoms with van der Waals surface area (Å²) in [7, 11) is 6.33. The van der Waals surface area contributed by atoms with Crippen molar-refractivity contribution in [3.63, 3.8) is 0 Å². The summed E-state index contributed by atoms with van der Waals surface area (Å²) >= 11 is 0. The Morgan fingerprint density at radius 2 is 0.430 bits per heavy atom. The van der Waals surface area contributed by atoms with Crippen LogP contribution in [0.15, 0.2) is 352 Å². The van der Waals surface area contributed by atoms with Crippen molar-refractivity contribution in [2.75, 3.05) is 35.8 Å². The molecule has 0 fully saturated rings. The van der Waals surface area contributed by atoms with Gasteiger partial charge in [-0.3, -0.25) is 0 Å². The van der Waals surface area contributed by atoms with Gasteiger partial charge in [-0.25, -0.2) is 0 Å². The molecule has 86 heavy (non-hydrogen) atoms. The van der Waals surface area contributed by atoms with E-state index in [-0.39, 0.29) is 0 Å². The summed E-state index contributed by atoms with van der Waals surface area (Å²) in [6, 6.07) is 125. The number of anilines is 6. The molecule has 3 heteroatoms. The predicted octanol–water partition coefficient (Wildman–Crippen LogP) is 22.7. The van der Waals surface area contributed by atoms with Gasteiger partial charge in [0.25, 0.3) is 0 Å². The number of benzene rings is 14. The van der Waals surface area contributed by atoms with Gasteiger partial charge in [-0.1, -0.05) is 267 Å². The predicted molar refractivity (Wildman–Crippen MR) is 370 cm³/mol. The molecule has 0 saturated carbocycles. The van der Waals surface area contributed by atoms with Gasteiger partial charge >= 0.3 is 0 Å². The Bertz CT molecular complexity index is 4420. The van der Waals surface area contributed by atoms with Crippen molar-refractivity contribution in [2.45, 2.75) is 0 Å². The lowest BCUT2D eigenvalue weighted by atomic mass is 9.98. The van der Waals surface area contributed by atoms with E-state index in [1.165, 1.54) is 122 Å². The summed E-state index contributed by atoms with van der Waals surface area (Å²) in [6.07, 6.45) is 0. The van der Waals surface area contributed by atoms with Crippen LogP contribution < -0.4 is 14.7 Å². The van der Waals surface area contributed by atoms with Gasteiger partial charge in [0.15, 0.2) is 0 Å². The average molecular weight is 1110 g/mol. The molecule has 0 heterocycles. The quantitative estimate of drug-likeness (QED) is 0.121. The molecular weight excluding hydrogens is 1040 g/mol. The van der Waals surface area contributed by atoms with Crippen molar-refractivity contribution in [2.24, 2.45) is 0 Å². The van der Waals surface area contributed by atoms with Crippen LogP contribution in [-0.2, 0) is 0 Å². The average Bonchev–Trinajstić information content (AvgIpc) is 3.79. The Morgan fingerprint density at radius 3 is 0.872 bits per heavy atom. The molecule has 0 spiro atoms. The third-order valence-corrected chi connectivity index (χ3v) is 16.1. The van der Waals surface area contributed by atoms with Crippen LogP contribution in [0.2, 0.25) is 0 Å². The van der Waals surface area contributed by atoms with Crippen molar-refractivity contribution >= 4 is 55.7 Å². The number of para-hydroxylation sites is 1. The van der Waals surface area contributed by atoms with E-state index >= 15 is 0 Å². The highest BCUT2D eigenvalue weighted by Gasteiger charge is 2.11. The molecule has 0 unspecified atom stereocenters. The second kappa shape index (κ2) is 26.5. The molecule has 0 aliphatic heterocycles. The Labute approximate surface area is 507 Å². The van der Waals surface area contributed by atoms with Gasteiger partial charge < -0.3 is 14.7 Å². The molecule has 0 aliphatic rings. The fourth-order valence-corrected chi connectivity index (χ4v) is 11.1. The molecule has 0 bridgehead atoms. The van der Waals surface area contributed by atoms with E-state index in [1.54, 1.807) is 0 Å². The third-order valence-electron chi connectivity index (χ3n) is 16.1. The van der Waals surface area contributed by atoms with Crippen LogP contribution in [0.4, 0.5) is 34.1 Å². The molecule has 3 nitrogen and oxygen atoms in total. The van der Waals surface area contributed by atoms with Crippen molar-refractivity contribution in [1.29, 1.82) is 0 Å². The van der Waals surface area contributed by atoms with Crippen LogP contribution in [0.25, 0.3) is 88.3 Å². The number of hydrogen-bond acceptors (Lipinski definition) is 3. The molecule has 14 aromatic rings. The lowest BCUT2D eigenvalue weighted by Crippen LogP contribution is -2.08. The van der Waals surface area contributed by atoms with E-state index in [0.29, 0.717) is 0 Å². The highest BCUT2D eigenvalue weighted by Crippen LogP contribution is 2.35. The first-order chi connectivity index (χ1) is 42.4.